The van der Waals surface area contributed by atoms with Gasteiger partial charge in [-0.2, -0.15) is 0 Å². The van der Waals surface area contributed by atoms with Crippen LogP contribution in [-0.2, 0) is 0 Å². The summed E-state index contributed by atoms with van der Waals surface area (Å²) in [5, 5.41) is 8.05. The molecule has 0 fully saturated rings. The van der Waals surface area contributed by atoms with Crippen LogP contribution in [0, 0.1) is 0 Å². The van der Waals surface area contributed by atoms with Gasteiger partial charge in [0, 0.05) is 33.3 Å². The average molecular weight is 415 g/mol. The lowest BCUT2D eigenvalue weighted by molar-refractivity contribution is 0.314. The Morgan fingerprint density at radius 2 is 1.38 bits per heavy atom. The summed E-state index contributed by atoms with van der Waals surface area (Å²) in [4.78, 5) is 13.0. The van der Waals surface area contributed by atoms with Crippen molar-refractivity contribution in [2.24, 2.45) is 0 Å². The zero-order chi connectivity index (χ0) is 20.5. The van der Waals surface area contributed by atoms with E-state index < -0.39 is 0 Å². The number of benzene rings is 2. The zero-order valence-electron chi connectivity index (χ0n) is 17.3. The van der Waals surface area contributed by atoms with Gasteiger partial charge in [-0.3, -0.25) is 4.79 Å². The molecule has 0 spiro atoms. The maximum atomic E-state index is 13.0. The number of rotatable bonds is 12. The van der Waals surface area contributed by atoms with Crippen LogP contribution in [0.25, 0.3) is 20.2 Å². The number of hydrogen-bond donors (Lipinski definition) is 2. The molecule has 0 unspecified atom stereocenters. The van der Waals surface area contributed by atoms with Crippen molar-refractivity contribution >= 4 is 31.5 Å². The van der Waals surface area contributed by atoms with Crippen LogP contribution in [0.3, 0.4) is 0 Å². The molecule has 5 nitrogen and oxygen atoms in total. The smallest absolute Gasteiger partial charge is 0.196 e. The van der Waals surface area contributed by atoms with E-state index in [0.717, 1.165) is 65.3 Å². The quantitative estimate of drug-likeness (QED) is 0.344. The first-order valence-electron chi connectivity index (χ1n) is 10.4. The van der Waals surface area contributed by atoms with Crippen LogP contribution in [0.4, 0.5) is 0 Å². The first-order valence-corrected chi connectivity index (χ1v) is 11.2. The summed E-state index contributed by atoms with van der Waals surface area (Å²) in [6, 6.07) is 11.5. The van der Waals surface area contributed by atoms with Crippen molar-refractivity contribution in [1.82, 2.24) is 10.6 Å². The van der Waals surface area contributed by atoms with Crippen LogP contribution < -0.4 is 25.5 Å². The third-order valence-corrected chi connectivity index (χ3v) is 5.70. The summed E-state index contributed by atoms with van der Waals surface area (Å²) in [6.45, 7) is 9.08. The maximum Gasteiger partial charge on any atom is 0.196 e. The van der Waals surface area contributed by atoms with Gasteiger partial charge in [0.15, 0.2) is 5.43 Å². The predicted octanol–water partition coefficient (Wildman–Crippen LogP) is 4.17. The van der Waals surface area contributed by atoms with Gasteiger partial charge in [-0.05, 0) is 62.3 Å². The largest absolute Gasteiger partial charge is 0.492 e. The van der Waals surface area contributed by atoms with Crippen LogP contribution in [0.1, 0.15) is 26.7 Å². The highest BCUT2D eigenvalue weighted by Crippen LogP contribution is 2.29. The fourth-order valence-corrected chi connectivity index (χ4v) is 4.16. The predicted molar refractivity (Wildman–Crippen MR) is 123 cm³/mol. The Hall–Kier alpha value is -2.15. The van der Waals surface area contributed by atoms with Gasteiger partial charge >= 0.3 is 0 Å². The van der Waals surface area contributed by atoms with Gasteiger partial charge in [-0.1, -0.05) is 13.8 Å². The molecule has 0 radical (unpaired) electrons. The molecule has 29 heavy (non-hydrogen) atoms. The summed E-state index contributed by atoms with van der Waals surface area (Å²) in [6.07, 6.45) is 2.21. The summed E-state index contributed by atoms with van der Waals surface area (Å²) < 4.78 is 13.5. The first kappa shape index (κ1) is 21.6. The van der Waals surface area contributed by atoms with Crippen molar-refractivity contribution in [3.8, 4) is 11.5 Å². The van der Waals surface area contributed by atoms with E-state index in [-0.39, 0.29) is 5.43 Å². The van der Waals surface area contributed by atoms with E-state index in [4.69, 9.17) is 9.47 Å². The molecule has 0 bridgehead atoms. The number of hydrogen-bond acceptors (Lipinski definition) is 6. The van der Waals surface area contributed by atoms with Gasteiger partial charge in [0.05, 0.1) is 0 Å². The summed E-state index contributed by atoms with van der Waals surface area (Å²) in [5.41, 5.74) is 0.0412. The van der Waals surface area contributed by atoms with Gasteiger partial charge in [0.2, 0.25) is 0 Å². The van der Waals surface area contributed by atoms with Gasteiger partial charge in [0.25, 0.3) is 0 Å². The lowest BCUT2D eigenvalue weighted by Gasteiger charge is -2.09. The Morgan fingerprint density at radius 1 is 0.759 bits per heavy atom. The molecule has 1 heterocycles. The lowest BCUT2D eigenvalue weighted by atomic mass is 10.1. The molecule has 0 amide bonds. The minimum Gasteiger partial charge on any atom is -0.492 e. The van der Waals surface area contributed by atoms with Gasteiger partial charge in [-0.15, -0.1) is 11.3 Å². The van der Waals surface area contributed by atoms with E-state index in [1.807, 2.05) is 36.4 Å². The van der Waals surface area contributed by atoms with E-state index in [0.29, 0.717) is 18.6 Å². The summed E-state index contributed by atoms with van der Waals surface area (Å²) >= 11 is 1.61. The number of ether oxygens (including phenoxy) is 2. The molecule has 0 atom stereocenters. The molecule has 0 aliphatic rings. The molecule has 0 saturated carbocycles. The molecule has 1 aromatic heterocycles. The molecule has 156 valence electrons. The first-order chi connectivity index (χ1) is 14.2. The molecule has 0 aliphatic heterocycles. The molecule has 0 aliphatic carbocycles. The molecule has 0 saturated heterocycles. The third-order valence-electron chi connectivity index (χ3n) is 4.56. The van der Waals surface area contributed by atoms with Crippen LogP contribution in [0.5, 0.6) is 11.5 Å². The highest BCUT2D eigenvalue weighted by molar-refractivity contribution is 7.24. The molecular weight excluding hydrogens is 384 g/mol. The van der Waals surface area contributed by atoms with Crippen molar-refractivity contribution < 1.29 is 9.47 Å². The Labute approximate surface area is 176 Å². The van der Waals surface area contributed by atoms with E-state index in [1.54, 1.807) is 11.3 Å². The van der Waals surface area contributed by atoms with E-state index in [2.05, 4.69) is 24.5 Å². The van der Waals surface area contributed by atoms with Gasteiger partial charge in [-0.25, -0.2) is 0 Å². The Kier molecular flexibility index (Phi) is 8.28. The zero-order valence-corrected chi connectivity index (χ0v) is 18.1. The Bertz CT molecular complexity index is 987. The highest BCUT2D eigenvalue weighted by Gasteiger charge is 2.09. The van der Waals surface area contributed by atoms with Crippen molar-refractivity contribution in [3.63, 3.8) is 0 Å². The average Bonchev–Trinajstić information content (AvgIpc) is 2.74. The van der Waals surface area contributed by atoms with Crippen molar-refractivity contribution in [2.75, 3.05) is 39.4 Å². The minimum absolute atomic E-state index is 0.0412. The maximum absolute atomic E-state index is 13.0. The standard InChI is InChI=1S/C23H30N2O3S/c1-3-9-24-11-13-27-17-6-8-21-20(15-17)23(26)19-7-5-18(16-22(19)29-21)28-14-12-25-10-4-2/h5-8,15-16,24-25H,3-4,9-14H2,1-2H3. The van der Waals surface area contributed by atoms with Crippen LogP contribution in [0.2, 0.25) is 0 Å². The van der Waals surface area contributed by atoms with Gasteiger partial charge in [0.1, 0.15) is 24.7 Å². The van der Waals surface area contributed by atoms with E-state index in [9.17, 15) is 4.79 Å². The fourth-order valence-electron chi connectivity index (χ4n) is 3.08. The SMILES string of the molecule is CCCNCCOc1ccc2c(=O)c3cc(OCCNCCC)ccc3sc2c1. The second kappa shape index (κ2) is 11.1. The number of nitrogens with one attached hydrogen (secondary N) is 2. The molecular formula is C23H30N2O3S. The summed E-state index contributed by atoms with van der Waals surface area (Å²) in [5.74, 6) is 1.53. The topological polar surface area (TPSA) is 59.6 Å². The molecule has 6 heteroatoms. The molecule has 2 aromatic carbocycles. The summed E-state index contributed by atoms with van der Waals surface area (Å²) in [7, 11) is 0. The van der Waals surface area contributed by atoms with Crippen molar-refractivity contribution in [2.45, 2.75) is 26.7 Å². The van der Waals surface area contributed by atoms with Crippen molar-refractivity contribution in [1.29, 1.82) is 0 Å². The minimum atomic E-state index is 0.0412. The Balaban J connectivity index is 1.73. The Morgan fingerprint density at radius 3 is 2.03 bits per heavy atom. The normalized spacial score (nSPS) is 11.2. The van der Waals surface area contributed by atoms with Crippen LogP contribution in [0.15, 0.2) is 41.2 Å². The second-order valence-electron chi connectivity index (χ2n) is 6.94. The lowest BCUT2D eigenvalue weighted by Crippen LogP contribution is -2.21. The van der Waals surface area contributed by atoms with E-state index in [1.165, 1.54) is 0 Å². The number of fused-ring (bicyclic) bond motifs is 2. The molecule has 3 rings (SSSR count). The van der Waals surface area contributed by atoms with Gasteiger partial charge < -0.3 is 20.1 Å². The van der Waals surface area contributed by atoms with Crippen LogP contribution >= 0.6 is 11.3 Å². The highest BCUT2D eigenvalue weighted by atomic mass is 32.1. The molecule has 3 aromatic rings. The van der Waals surface area contributed by atoms with E-state index >= 15 is 0 Å². The third kappa shape index (κ3) is 5.92. The van der Waals surface area contributed by atoms with Crippen LogP contribution in [-0.4, -0.2) is 39.4 Å². The monoisotopic (exact) mass is 414 g/mol. The molecule has 2 N–H and O–H groups in total. The van der Waals surface area contributed by atoms with Crippen molar-refractivity contribution in [3.05, 3.63) is 46.6 Å². The fraction of sp³-hybridized carbons (Fsp3) is 0.435. The second-order valence-corrected chi connectivity index (χ2v) is 8.03.